The monoisotopic (exact) mass is 430 g/mol. The van der Waals surface area contributed by atoms with Gasteiger partial charge >= 0.3 is 6.09 Å². The molecule has 4 rings (SSSR count). The molecule has 0 radical (unpaired) electrons. The van der Waals surface area contributed by atoms with Gasteiger partial charge in [0.15, 0.2) is 5.78 Å². The second kappa shape index (κ2) is 9.21. The molecular formula is C22H30N4O5. The highest BCUT2D eigenvalue weighted by atomic mass is 16.6. The van der Waals surface area contributed by atoms with E-state index in [1.165, 1.54) is 0 Å². The zero-order chi connectivity index (χ0) is 22.0. The number of ether oxygens (including phenoxy) is 1. The predicted molar refractivity (Wildman–Crippen MR) is 113 cm³/mol. The van der Waals surface area contributed by atoms with Crippen molar-refractivity contribution in [3.63, 3.8) is 0 Å². The van der Waals surface area contributed by atoms with E-state index in [1.54, 1.807) is 28.9 Å². The second-order valence-electron chi connectivity index (χ2n) is 8.67. The molecule has 4 heterocycles. The van der Waals surface area contributed by atoms with Gasteiger partial charge in [-0.1, -0.05) is 6.07 Å². The third kappa shape index (κ3) is 4.81. The van der Waals surface area contributed by atoms with E-state index >= 15 is 0 Å². The van der Waals surface area contributed by atoms with Crippen LogP contribution in [0.3, 0.4) is 0 Å². The molecule has 2 fully saturated rings. The van der Waals surface area contributed by atoms with Crippen LogP contribution >= 0.6 is 0 Å². The summed E-state index contributed by atoms with van der Waals surface area (Å²) in [5.41, 5.74) is 1.10. The van der Waals surface area contributed by atoms with Crippen molar-refractivity contribution in [2.24, 2.45) is 5.92 Å². The van der Waals surface area contributed by atoms with Crippen LogP contribution in [-0.2, 0) is 20.9 Å². The first-order valence-electron chi connectivity index (χ1n) is 11.1. The Kier molecular flexibility index (Phi) is 6.41. The Bertz CT molecular complexity index is 905. The van der Waals surface area contributed by atoms with Gasteiger partial charge in [0.25, 0.3) is 5.56 Å². The Morgan fingerprint density at radius 1 is 1.03 bits per heavy atom. The van der Waals surface area contributed by atoms with Crippen molar-refractivity contribution in [3.8, 4) is 0 Å². The number of aromatic nitrogens is 1. The third-order valence-corrected chi connectivity index (χ3v) is 6.46. The summed E-state index contributed by atoms with van der Waals surface area (Å²) in [5, 5.41) is 0. The summed E-state index contributed by atoms with van der Waals surface area (Å²) in [7, 11) is 0. The average molecular weight is 431 g/mol. The van der Waals surface area contributed by atoms with Crippen LogP contribution in [0.4, 0.5) is 4.79 Å². The van der Waals surface area contributed by atoms with E-state index in [1.807, 2.05) is 10.6 Å². The van der Waals surface area contributed by atoms with Crippen molar-refractivity contribution in [1.29, 1.82) is 0 Å². The van der Waals surface area contributed by atoms with Crippen LogP contribution in [-0.4, -0.2) is 89.5 Å². The molecule has 1 aromatic rings. The van der Waals surface area contributed by atoms with Gasteiger partial charge in [-0.25, -0.2) is 4.79 Å². The van der Waals surface area contributed by atoms with Crippen molar-refractivity contribution in [1.82, 2.24) is 19.3 Å². The van der Waals surface area contributed by atoms with Crippen molar-refractivity contribution < 1.29 is 19.1 Å². The lowest BCUT2D eigenvalue weighted by Crippen LogP contribution is -2.51. The van der Waals surface area contributed by atoms with Gasteiger partial charge in [-0.2, -0.15) is 0 Å². The molecular weight excluding hydrogens is 400 g/mol. The van der Waals surface area contributed by atoms with Crippen LogP contribution in [0.15, 0.2) is 23.0 Å². The first kappa shape index (κ1) is 21.5. The number of nitrogens with zero attached hydrogens (tertiary/aromatic N) is 4. The number of carbonyl (C=O) groups excluding carboxylic acids is 3. The minimum Gasteiger partial charge on any atom is -0.450 e. The predicted octanol–water partition coefficient (Wildman–Crippen LogP) is 0.527. The fraction of sp³-hybridized carbons (Fsp3) is 0.636. The number of rotatable bonds is 5. The molecule has 0 aliphatic carbocycles. The molecule has 9 nitrogen and oxygen atoms in total. The molecule has 2 atom stereocenters. The molecule has 3 aliphatic heterocycles. The number of amides is 2. The molecule has 2 saturated heterocycles. The van der Waals surface area contributed by atoms with E-state index in [4.69, 9.17) is 4.74 Å². The Morgan fingerprint density at radius 2 is 1.77 bits per heavy atom. The van der Waals surface area contributed by atoms with Crippen molar-refractivity contribution in [3.05, 3.63) is 34.2 Å². The van der Waals surface area contributed by atoms with Gasteiger partial charge in [0.05, 0.1) is 19.6 Å². The summed E-state index contributed by atoms with van der Waals surface area (Å²) >= 11 is 0. The number of pyridine rings is 1. The molecule has 9 heteroatoms. The first-order chi connectivity index (χ1) is 14.9. The molecule has 1 aromatic heterocycles. The molecule has 31 heavy (non-hydrogen) atoms. The SMILES string of the molecule is CCOC(=O)N1CCN(C(=O)CC(=O)CN2CC3CC(C2)c2cccc(=O)n2C3)CC1. The van der Waals surface area contributed by atoms with E-state index < -0.39 is 0 Å². The van der Waals surface area contributed by atoms with E-state index in [2.05, 4.69) is 4.90 Å². The lowest BCUT2D eigenvalue weighted by atomic mass is 9.83. The van der Waals surface area contributed by atoms with Crippen molar-refractivity contribution >= 4 is 17.8 Å². The molecule has 0 N–H and O–H groups in total. The minimum atomic E-state index is -0.356. The number of ketones is 1. The average Bonchev–Trinajstić information content (AvgIpc) is 2.74. The van der Waals surface area contributed by atoms with E-state index in [9.17, 15) is 19.2 Å². The number of fused-ring (bicyclic) bond motifs is 4. The maximum absolute atomic E-state index is 12.6. The van der Waals surface area contributed by atoms with E-state index in [0.29, 0.717) is 45.2 Å². The molecule has 0 aromatic carbocycles. The van der Waals surface area contributed by atoms with E-state index in [0.717, 1.165) is 25.2 Å². The maximum Gasteiger partial charge on any atom is 0.409 e. The van der Waals surface area contributed by atoms with Crippen LogP contribution in [0.25, 0.3) is 0 Å². The van der Waals surface area contributed by atoms with Gasteiger partial charge in [0, 0.05) is 63.5 Å². The summed E-state index contributed by atoms with van der Waals surface area (Å²) in [5.74, 6) is 0.345. The molecule has 2 unspecified atom stereocenters. The second-order valence-corrected chi connectivity index (χ2v) is 8.67. The highest BCUT2D eigenvalue weighted by molar-refractivity contribution is 5.99. The zero-order valence-electron chi connectivity index (χ0n) is 18.0. The van der Waals surface area contributed by atoms with Crippen LogP contribution in [0.2, 0.25) is 0 Å². The maximum atomic E-state index is 12.6. The fourth-order valence-corrected chi connectivity index (χ4v) is 5.06. The normalized spacial score (nSPS) is 23.3. The highest BCUT2D eigenvalue weighted by Crippen LogP contribution is 2.34. The van der Waals surface area contributed by atoms with Crippen LogP contribution in [0.5, 0.6) is 0 Å². The third-order valence-electron chi connectivity index (χ3n) is 6.46. The largest absolute Gasteiger partial charge is 0.450 e. The summed E-state index contributed by atoms with van der Waals surface area (Å²) < 4.78 is 6.86. The summed E-state index contributed by atoms with van der Waals surface area (Å²) in [6.07, 6.45) is 0.573. The van der Waals surface area contributed by atoms with Gasteiger partial charge in [-0.15, -0.1) is 0 Å². The first-order valence-corrected chi connectivity index (χ1v) is 11.1. The molecule has 168 valence electrons. The van der Waals surface area contributed by atoms with Gasteiger partial charge in [0.1, 0.15) is 0 Å². The number of piperidine rings is 1. The van der Waals surface area contributed by atoms with Gasteiger partial charge in [-0.05, 0) is 25.3 Å². The Hall–Kier alpha value is -2.68. The lowest BCUT2D eigenvalue weighted by Gasteiger charge is -2.42. The number of carbonyl (C=O) groups is 3. The van der Waals surface area contributed by atoms with Crippen LogP contribution < -0.4 is 5.56 Å². The van der Waals surface area contributed by atoms with Crippen LogP contribution in [0.1, 0.15) is 31.4 Å². The standard InChI is InChI=1S/C22H30N4O5/c1-2-31-22(30)25-8-6-24(7-9-25)21(29)11-18(27)15-23-12-16-10-17(14-23)19-4-3-5-20(28)26(19)13-16/h3-5,16-17H,2,6-15H2,1H3. The summed E-state index contributed by atoms with van der Waals surface area (Å²) in [4.78, 5) is 54.5. The van der Waals surface area contributed by atoms with Gasteiger partial charge in [0.2, 0.25) is 5.91 Å². The van der Waals surface area contributed by atoms with E-state index in [-0.39, 0.29) is 42.2 Å². The van der Waals surface area contributed by atoms with Gasteiger partial charge in [-0.3, -0.25) is 19.3 Å². The number of likely N-dealkylation sites (tertiary alicyclic amines) is 1. The summed E-state index contributed by atoms with van der Waals surface area (Å²) in [6.45, 7) is 6.24. The summed E-state index contributed by atoms with van der Waals surface area (Å²) in [6, 6.07) is 5.41. The Balaban J connectivity index is 1.27. The van der Waals surface area contributed by atoms with Crippen molar-refractivity contribution in [2.75, 3.05) is 52.4 Å². The molecule has 2 bridgehead atoms. The zero-order valence-corrected chi connectivity index (χ0v) is 18.0. The number of hydrogen-bond donors (Lipinski definition) is 0. The minimum absolute atomic E-state index is 0.0466. The lowest BCUT2D eigenvalue weighted by molar-refractivity contribution is -0.137. The Labute approximate surface area is 181 Å². The number of Topliss-reactive ketones (excluding diaryl/α,β-unsaturated/α-hetero) is 1. The molecule has 0 saturated carbocycles. The van der Waals surface area contributed by atoms with Crippen molar-refractivity contribution in [2.45, 2.75) is 32.2 Å². The van der Waals surface area contributed by atoms with Gasteiger partial charge < -0.3 is 19.1 Å². The molecule has 0 spiro atoms. The topological polar surface area (TPSA) is 92.2 Å². The highest BCUT2D eigenvalue weighted by Gasteiger charge is 2.35. The molecule has 2 amide bonds. The number of hydrogen-bond acceptors (Lipinski definition) is 6. The quantitative estimate of drug-likeness (QED) is 0.633. The van der Waals surface area contributed by atoms with Crippen LogP contribution in [0, 0.1) is 5.92 Å². The fourth-order valence-electron chi connectivity index (χ4n) is 5.06. The number of piperazine rings is 1. The smallest absolute Gasteiger partial charge is 0.409 e. The Morgan fingerprint density at radius 3 is 2.52 bits per heavy atom. The molecule has 3 aliphatic rings.